The first-order valence-electron chi connectivity index (χ1n) is 8.47. The molecule has 7 nitrogen and oxygen atoms in total. The number of piperidine rings is 1. The van der Waals surface area contributed by atoms with E-state index in [0.717, 1.165) is 12.2 Å². The highest BCUT2D eigenvalue weighted by Crippen LogP contribution is 2.50. The molecule has 1 aromatic rings. The van der Waals surface area contributed by atoms with Crippen molar-refractivity contribution in [2.24, 2.45) is 5.92 Å². The quantitative estimate of drug-likeness (QED) is 0.484. The van der Waals surface area contributed by atoms with Crippen LogP contribution in [0.25, 0.3) is 0 Å². The number of amides is 1. The van der Waals surface area contributed by atoms with Crippen LogP contribution in [0.2, 0.25) is 5.15 Å². The lowest BCUT2D eigenvalue weighted by atomic mass is 10.0. The van der Waals surface area contributed by atoms with E-state index >= 15 is 0 Å². The minimum absolute atomic E-state index is 0.0274. The highest BCUT2D eigenvalue weighted by atomic mass is 35.5. The fourth-order valence-corrected chi connectivity index (χ4v) is 4.81. The zero-order chi connectivity index (χ0) is 17.9. The number of carbonyl (C=O) groups excluding carboxylic acids is 1. The Morgan fingerprint density at radius 2 is 2.08 bits per heavy atom. The number of halogens is 1. The van der Waals surface area contributed by atoms with E-state index in [2.05, 4.69) is 16.9 Å². The number of fused-ring (bicyclic) bond motifs is 5. The van der Waals surface area contributed by atoms with Crippen molar-refractivity contribution in [1.29, 1.82) is 0 Å². The van der Waals surface area contributed by atoms with E-state index in [9.17, 15) is 4.79 Å². The van der Waals surface area contributed by atoms with Crippen LogP contribution in [0.5, 0.6) is 0 Å². The molecule has 2 saturated heterocycles. The molecule has 0 radical (unpaired) electrons. The van der Waals surface area contributed by atoms with Gasteiger partial charge >= 0.3 is 0 Å². The number of anilines is 2. The van der Waals surface area contributed by atoms with Gasteiger partial charge in [-0.2, -0.15) is 0 Å². The second-order valence-electron chi connectivity index (χ2n) is 7.07. The molecule has 136 valence electrons. The molecule has 4 atom stereocenters. The number of carbonyl (C=O) groups is 1. The average Bonchev–Trinajstić information content (AvgIpc) is 3.15. The normalized spacial score (nSPS) is 32.5. The van der Waals surface area contributed by atoms with Crippen molar-refractivity contribution in [3.63, 3.8) is 0 Å². The van der Waals surface area contributed by atoms with Crippen molar-refractivity contribution in [3.05, 3.63) is 5.15 Å². The molecule has 9 heteroatoms. The molecule has 1 amide bonds. The van der Waals surface area contributed by atoms with Gasteiger partial charge in [0.15, 0.2) is 21.9 Å². The number of hydrogen-bond donors (Lipinski definition) is 1. The number of nitrogens with zero attached hydrogens (tertiary/aromatic N) is 3. The lowest BCUT2D eigenvalue weighted by Crippen LogP contribution is -2.51. The van der Waals surface area contributed by atoms with Crippen LogP contribution >= 0.6 is 23.4 Å². The summed E-state index contributed by atoms with van der Waals surface area (Å²) >= 11 is 7.70. The van der Waals surface area contributed by atoms with Crippen molar-refractivity contribution < 1.29 is 14.3 Å². The monoisotopic (exact) mass is 384 g/mol. The molecular weight excluding hydrogens is 364 g/mol. The van der Waals surface area contributed by atoms with Crippen LogP contribution in [0, 0.1) is 5.92 Å². The van der Waals surface area contributed by atoms with Crippen LogP contribution in [-0.2, 0) is 14.3 Å². The van der Waals surface area contributed by atoms with Gasteiger partial charge in [0.25, 0.3) is 0 Å². The fourth-order valence-electron chi connectivity index (χ4n) is 3.91. The first kappa shape index (κ1) is 17.3. The summed E-state index contributed by atoms with van der Waals surface area (Å²) in [5, 5.41) is 0.715. The Labute approximate surface area is 155 Å². The van der Waals surface area contributed by atoms with Crippen LogP contribution in [0.15, 0.2) is 5.16 Å². The summed E-state index contributed by atoms with van der Waals surface area (Å²) in [4.78, 5) is 23.3. The Balaban J connectivity index is 1.69. The van der Waals surface area contributed by atoms with E-state index in [1.165, 1.54) is 11.8 Å². The fraction of sp³-hybridized carbons (Fsp3) is 0.688. The molecule has 3 aliphatic rings. The molecule has 4 rings (SSSR count). The minimum Gasteiger partial charge on any atom is -0.393 e. The van der Waals surface area contributed by atoms with Gasteiger partial charge in [-0.3, -0.25) is 9.69 Å². The van der Waals surface area contributed by atoms with Crippen molar-refractivity contribution >= 4 is 40.8 Å². The summed E-state index contributed by atoms with van der Waals surface area (Å²) in [5.41, 5.74) is 6.35. The van der Waals surface area contributed by atoms with E-state index in [0.29, 0.717) is 17.4 Å². The number of ether oxygens (including phenoxy) is 2. The van der Waals surface area contributed by atoms with Gasteiger partial charge < -0.3 is 15.2 Å². The van der Waals surface area contributed by atoms with E-state index in [1.54, 1.807) is 4.90 Å². The zero-order valence-electron chi connectivity index (χ0n) is 14.4. The van der Waals surface area contributed by atoms with E-state index in [-0.39, 0.29) is 40.9 Å². The van der Waals surface area contributed by atoms with E-state index in [4.69, 9.17) is 26.8 Å². The Kier molecular flexibility index (Phi) is 4.14. The van der Waals surface area contributed by atoms with Crippen LogP contribution in [0.3, 0.4) is 0 Å². The van der Waals surface area contributed by atoms with Gasteiger partial charge in [-0.25, -0.2) is 9.97 Å². The maximum atomic E-state index is 12.9. The third-order valence-corrected chi connectivity index (χ3v) is 6.18. The maximum absolute atomic E-state index is 12.9. The summed E-state index contributed by atoms with van der Waals surface area (Å²) in [7, 11) is 0. The largest absolute Gasteiger partial charge is 0.393 e. The van der Waals surface area contributed by atoms with Gasteiger partial charge in [0, 0.05) is 5.75 Å². The topological polar surface area (TPSA) is 90.6 Å². The molecule has 1 saturated carbocycles. The SMILES string of the molecule is CCCSc1nc(Cl)c(N)c(N2C(=O)[C@H]3C[C@@H]2[C@@H]2OC(C)(C)O[C@@H]23)n1. The van der Waals surface area contributed by atoms with E-state index in [1.807, 2.05) is 13.8 Å². The summed E-state index contributed by atoms with van der Waals surface area (Å²) in [6.07, 6.45) is 1.31. The molecule has 1 aromatic heterocycles. The Bertz CT molecular complexity index is 732. The molecule has 2 N–H and O–H groups in total. The summed E-state index contributed by atoms with van der Waals surface area (Å²) < 4.78 is 12.0. The smallest absolute Gasteiger partial charge is 0.234 e. The minimum atomic E-state index is -0.681. The Morgan fingerprint density at radius 3 is 2.80 bits per heavy atom. The lowest BCUT2D eigenvalue weighted by Gasteiger charge is -2.32. The lowest BCUT2D eigenvalue weighted by molar-refractivity contribution is -0.155. The van der Waals surface area contributed by atoms with Crippen LogP contribution < -0.4 is 10.6 Å². The van der Waals surface area contributed by atoms with Gasteiger partial charge in [-0.15, -0.1) is 0 Å². The number of nitrogens with two attached hydrogens (primary N) is 1. The van der Waals surface area contributed by atoms with E-state index < -0.39 is 5.79 Å². The van der Waals surface area contributed by atoms with Crippen LogP contribution in [-0.4, -0.2) is 45.7 Å². The zero-order valence-corrected chi connectivity index (χ0v) is 15.9. The predicted octanol–water partition coefficient (Wildman–Crippen LogP) is 2.47. The van der Waals surface area contributed by atoms with Crippen LogP contribution in [0.1, 0.15) is 33.6 Å². The third kappa shape index (κ3) is 2.70. The average molecular weight is 385 g/mol. The number of aromatic nitrogens is 2. The van der Waals surface area contributed by atoms with Crippen molar-refractivity contribution in [2.45, 2.75) is 62.8 Å². The molecular formula is C16H21ClN4O3S. The van der Waals surface area contributed by atoms with Gasteiger partial charge in [-0.05, 0) is 26.7 Å². The highest BCUT2D eigenvalue weighted by molar-refractivity contribution is 7.99. The summed E-state index contributed by atoms with van der Waals surface area (Å²) in [6.45, 7) is 5.82. The molecule has 2 aliphatic heterocycles. The number of rotatable bonds is 4. The van der Waals surface area contributed by atoms with Gasteiger partial charge in [0.1, 0.15) is 17.9 Å². The molecule has 3 fully saturated rings. The molecule has 0 aromatic carbocycles. The van der Waals surface area contributed by atoms with Gasteiger partial charge in [0.05, 0.1) is 12.0 Å². The summed E-state index contributed by atoms with van der Waals surface area (Å²) in [6, 6.07) is -0.137. The first-order valence-corrected chi connectivity index (χ1v) is 9.83. The number of nitrogen functional groups attached to an aromatic ring is 1. The number of hydrogen-bond acceptors (Lipinski definition) is 7. The molecule has 2 bridgehead atoms. The summed E-state index contributed by atoms with van der Waals surface area (Å²) in [5.74, 6) is 0.328. The maximum Gasteiger partial charge on any atom is 0.234 e. The van der Waals surface area contributed by atoms with Gasteiger partial charge in [0.2, 0.25) is 5.91 Å². The second-order valence-corrected chi connectivity index (χ2v) is 8.49. The number of thioether (sulfide) groups is 1. The standard InChI is InChI=1S/C16H21ClN4O3S/c1-4-5-25-15-19-12(17)9(18)13(20-15)21-8-6-7(14(21)22)10-11(8)24-16(2,3)23-10/h7-8,10-11H,4-6,18H2,1-3H3/t7-,8+,10+,11-/m0/s1. The predicted molar refractivity (Wildman–Crippen MR) is 95.7 cm³/mol. The molecule has 1 aliphatic carbocycles. The molecule has 0 spiro atoms. The molecule has 3 heterocycles. The van der Waals surface area contributed by atoms with Crippen molar-refractivity contribution in [3.8, 4) is 0 Å². The first-order chi connectivity index (χ1) is 11.8. The molecule has 0 unspecified atom stereocenters. The van der Waals surface area contributed by atoms with Gasteiger partial charge in [-0.1, -0.05) is 30.3 Å². The Hall–Kier alpha value is -1.09. The van der Waals surface area contributed by atoms with Crippen molar-refractivity contribution in [1.82, 2.24) is 9.97 Å². The van der Waals surface area contributed by atoms with Crippen molar-refractivity contribution in [2.75, 3.05) is 16.4 Å². The van der Waals surface area contributed by atoms with Crippen LogP contribution in [0.4, 0.5) is 11.5 Å². The second kappa shape index (κ2) is 5.97. The third-order valence-electron chi connectivity index (χ3n) is 4.84. The Morgan fingerprint density at radius 1 is 1.36 bits per heavy atom. The highest BCUT2D eigenvalue weighted by Gasteiger charge is 2.64. The molecule has 25 heavy (non-hydrogen) atoms.